The third kappa shape index (κ3) is 2.79. The molecule has 0 aliphatic carbocycles. The molecule has 0 bridgehead atoms. The number of aromatic carboxylic acids is 1. The lowest BCUT2D eigenvalue weighted by atomic mass is 10.0. The summed E-state index contributed by atoms with van der Waals surface area (Å²) in [6.07, 6.45) is 3.25. The highest BCUT2D eigenvalue weighted by molar-refractivity contribution is 5.95. The summed E-state index contributed by atoms with van der Waals surface area (Å²) in [5, 5.41) is 10.00. The maximum atomic E-state index is 11.2. The van der Waals surface area contributed by atoms with E-state index >= 15 is 0 Å². The Morgan fingerprint density at radius 3 is 2.84 bits per heavy atom. The third-order valence-electron chi connectivity index (χ3n) is 3.16. The summed E-state index contributed by atoms with van der Waals surface area (Å²) in [5.74, 6) is -1.08. The Kier molecular flexibility index (Phi) is 4.22. The largest absolute Gasteiger partial charge is 0.475 e. The molecule has 1 heterocycles. The summed E-state index contributed by atoms with van der Waals surface area (Å²) in [5.41, 5.74) is 2.41. The van der Waals surface area contributed by atoms with Crippen LogP contribution in [0.1, 0.15) is 41.4 Å². The first-order valence-corrected chi connectivity index (χ1v) is 6.44. The number of carboxylic acids is 1. The van der Waals surface area contributed by atoms with Crippen LogP contribution in [-0.4, -0.2) is 18.2 Å². The average Bonchev–Trinajstić information content (AvgIpc) is 2.75. The minimum Gasteiger partial charge on any atom is -0.475 e. The molecule has 1 aromatic heterocycles. The second kappa shape index (κ2) is 5.89. The van der Waals surface area contributed by atoms with Crippen LogP contribution in [0.4, 0.5) is 0 Å². The van der Waals surface area contributed by atoms with Crippen molar-refractivity contribution in [1.82, 2.24) is 0 Å². The minimum absolute atomic E-state index is 0.0236. The number of carboxylic acid groups (broad SMARTS) is 1. The van der Waals surface area contributed by atoms with Crippen LogP contribution < -0.4 is 0 Å². The van der Waals surface area contributed by atoms with Gasteiger partial charge in [-0.1, -0.05) is 19.4 Å². The van der Waals surface area contributed by atoms with Gasteiger partial charge < -0.3 is 14.3 Å². The monoisotopic (exact) mass is 262 g/mol. The van der Waals surface area contributed by atoms with Crippen LogP contribution in [0.3, 0.4) is 0 Å². The number of hydrogen-bond donors (Lipinski definition) is 1. The first kappa shape index (κ1) is 13.6. The molecule has 0 unspecified atom stereocenters. The van der Waals surface area contributed by atoms with Crippen molar-refractivity contribution in [1.29, 1.82) is 0 Å². The highest BCUT2D eigenvalue weighted by atomic mass is 16.5. The molecule has 1 aromatic carbocycles. The minimum atomic E-state index is -1.06. The van der Waals surface area contributed by atoms with Gasteiger partial charge in [0.05, 0.1) is 6.61 Å². The van der Waals surface area contributed by atoms with Gasteiger partial charge >= 0.3 is 5.97 Å². The normalized spacial score (nSPS) is 11.1. The fraction of sp³-hybridized carbons (Fsp3) is 0.400. The van der Waals surface area contributed by atoms with Crippen LogP contribution in [0.2, 0.25) is 0 Å². The molecule has 1 N–H and O–H groups in total. The summed E-state index contributed by atoms with van der Waals surface area (Å²) < 4.78 is 10.5. The van der Waals surface area contributed by atoms with Gasteiger partial charge in [-0.15, -0.1) is 0 Å². The quantitative estimate of drug-likeness (QED) is 0.863. The first-order valence-electron chi connectivity index (χ1n) is 6.44. The summed E-state index contributed by atoms with van der Waals surface area (Å²) in [7, 11) is 1.55. The van der Waals surface area contributed by atoms with Crippen LogP contribution in [0.25, 0.3) is 11.0 Å². The van der Waals surface area contributed by atoms with Crippen molar-refractivity contribution in [2.24, 2.45) is 0 Å². The van der Waals surface area contributed by atoms with Gasteiger partial charge in [0, 0.05) is 18.1 Å². The second-order valence-corrected chi connectivity index (χ2v) is 4.58. The van der Waals surface area contributed by atoms with E-state index < -0.39 is 5.97 Å². The van der Waals surface area contributed by atoms with Crippen LogP contribution >= 0.6 is 0 Å². The Bertz CT molecular complexity index is 583. The molecule has 0 saturated carbocycles. The van der Waals surface area contributed by atoms with Gasteiger partial charge in [-0.25, -0.2) is 4.79 Å². The number of hydrogen-bond acceptors (Lipinski definition) is 3. The lowest BCUT2D eigenvalue weighted by Crippen LogP contribution is -1.99. The van der Waals surface area contributed by atoms with E-state index in [4.69, 9.17) is 14.3 Å². The number of unbranched alkanes of at least 4 members (excludes halogenated alkanes) is 1. The van der Waals surface area contributed by atoms with Crippen molar-refractivity contribution in [3.63, 3.8) is 0 Å². The zero-order chi connectivity index (χ0) is 13.8. The fourth-order valence-corrected chi connectivity index (χ4v) is 2.19. The maximum absolute atomic E-state index is 11.2. The molecule has 0 fully saturated rings. The number of methoxy groups -OCH3 is 1. The third-order valence-corrected chi connectivity index (χ3v) is 3.16. The van der Waals surface area contributed by atoms with E-state index in [1.165, 1.54) is 5.56 Å². The SMILES string of the molecule is CCCCc1ccc2oc(C(=O)O)c(COC)c2c1. The molecule has 2 aromatic rings. The smallest absolute Gasteiger partial charge is 0.372 e. The Balaban J connectivity index is 2.49. The predicted octanol–water partition coefficient (Wildman–Crippen LogP) is 3.62. The molecule has 2 rings (SSSR count). The maximum Gasteiger partial charge on any atom is 0.372 e. The van der Waals surface area contributed by atoms with E-state index in [1.54, 1.807) is 7.11 Å². The van der Waals surface area contributed by atoms with Crippen molar-refractivity contribution >= 4 is 16.9 Å². The molecule has 4 heteroatoms. The van der Waals surface area contributed by atoms with Gasteiger partial charge in [-0.2, -0.15) is 0 Å². The molecule has 0 amide bonds. The lowest BCUT2D eigenvalue weighted by Gasteiger charge is -2.01. The Labute approximate surface area is 112 Å². The Morgan fingerprint density at radius 2 is 2.21 bits per heavy atom. The number of benzene rings is 1. The van der Waals surface area contributed by atoms with Gasteiger partial charge in [-0.05, 0) is 30.5 Å². The van der Waals surface area contributed by atoms with E-state index in [-0.39, 0.29) is 12.4 Å². The predicted molar refractivity (Wildman–Crippen MR) is 72.5 cm³/mol. The number of aryl methyl sites for hydroxylation is 1. The topological polar surface area (TPSA) is 59.7 Å². The van der Waals surface area contributed by atoms with E-state index in [0.717, 1.165) is 24.6 Å². The Morgan fingerprint density at radius 1 is 1.42 bits per heavy atom. The number of ether oxygens (including phenoxy) is 1. The molecule has 0 saturated heterocycles. The zero-order valence-corrected chi connectivity index (χ0v) is 11.2. The van der Waals surface area contributed by atoms with Crippen LogP contribution in [-0.2, 0) is 17.8 Å². The van der Waals surface area contributed by atoms with Gasteiger partial charge in [0.2, 0.25) is 5.76 Å². The van der Waals surface area contributed by atoms with Crippen molar-refractivity contribution in [3.8, 4) is 0 Å². The van der Waals surface area contributed by atoms with Crippen LogP contribution in [0.5, 0.6) is 0 Å². The highest BCUT2D eigenvalue weighted by Crippen LogP contribution is 2.28. The van der Waals surface area contributed by atoms with Gasteiger partial charge in [0.1, 0.15) is 5.58 Å². The Hall–Kier alpha value is -1.81. The van der Waals surface area contributed by atoms with E-state index in [2.05, 4.69) is 6.92 Å². The molecule has 0 aliphatic heterocycles. The van der Waals surface area contributed by atoms with Crippen LogP contribution in [0.15, 0.2) is 22.6 Å². The molecule has 0 atom stereocenters. The zero-order valence-electron chi connectivity index (χ0n) is 11.2. The van der Waals surface area contributed by atoms with Gasteiger partial charge in [-0.3, -0.25) is 0 Å². The van der Waals surface area contributed by atoms with Crippen molar-refractivity contribution in [3.05, 3.63) is 35.1 Å². The first-order chi connectivity index (χ1) is 9.17. The summed E-state index contributed by atoms with van der Waals surface area (Å²) in [4.78, 5) is 11.2. The summed E-state index contributed by atoms with van der Waals surface area (Å²) in [6, 6.07) is 5.84. The highest BCUT2D eigenvalue weighted by Gasteiger charge is 2.19. The molecule has 0 aliphatic rings. The molecule has 19 heavy (non-hydrogen) atoms. The molecule has 0 spiro atoms. The van der Waals surface area contributed by atoms with Gasteiger partial charge in [0.15, 0.2) is 0 Å². The van der Waals surface area contributed by atoms with E-state index in [9.17, 15) is 4.79 Å². The number of fused-ring (bicyclic) bond motifs is 1. The number of carbonyl (C=O) groups is 1. The summed E-state index contributed by atoms with van der Waals surface area (Å²) >= 11 is 0. The molecular weight excluding hydrogens is 244 g/mol. The summed E-state index contributed by atoms with van der Waals surface area (Å²) in [6.45, 7) is 2.39. The molecular formula is C15H18O4. The van der Waals surface area contributed by atoms with Crippen molar-refractivity contribution in [2.75, 3.05) is 7.11 Å². The molecule has 0 radical (unpaired) electrons. The standard InChI is InChI=1S/C15H18O4/c1-3-4-5-10-6-7-13-11(8-10)12(9-18-2)14(19-13)15(16)17/h6-8H,3-5,9H2,1-2H3,(H,16,17). The average molecular weight is 262 g/mol. The van der Waals surface area contributed by atoms with Crippen molar-refractivity contribution < 1.29 is 19.1 Å². The number of furan rings is 1. The van der Waals surface area contributed by atoms with E-state index in [0.29, 0.717) is 11.1 Å². The van der Waals surface area contributed by atoms with Crippen LogP contribution in [0, 0.1) is 0 Å². The molecule has 102 valence electrons. The number of rotatable bonds is 6. The van der Waals surface area contributed by atoms with Crippen molar-refractivity contribution in [2.45, 2.75) is 32.8 Å². The fourth-order valence-electron chi connectivity index (χ4n) is 2.19. The second-order valence-electron chi connectivity index (χ2n) is 4.58. The van der Waals surface area contributed by atoms with E-state index in [1.807, 2.05) is 18.2 Å². The van der Waals surface area contributed by atoms with Gasteiger partial charge in [0.25, 0.3) is 0 Å². The molecule has 4 nitrogen and oxygen atoms in total. The lowest BCUT2D eigenvalue weighted by molar-refractivity contribution is 0.0658.